The van der Waals surface area contributed by atoms with Gasteiger partial charge in [0.15, 0.2) is 6.10 Å². The maximum atomic E-state index is 12.8. The first-order valence-electron chi connectivity index (χ1n) is 10.5. The van der Waals surface area contributed by atoms with Crippen LogP contribution in [0.25, 0.3) is 0 Å². The fourth-order valence-electron chi connectivity index (χ4n) is 3.15. The molecule has 0 radical (unpaired) electrons. The molecule has 0 fully saturated rings. The molecule has 0 saturated carbocycles. The van der Waals surface area contributed by atoms with Crippen LogP contribution in [0, 0.1) is 13.8 Å². The quantitative estimate of drug-likeness (QED) is 0.465. The van der Waals surface area contributed by atoms with Crippen LogP contribution in [0.4, 0.5) is 11.4 Å². The van der Waals surface area contributed by atoms with Crippen molar-refractivity contribution in [2.24, 2.45) is 0 Å². The van der Waals surface area contributed by atoms with Crippen LogP contribution < -0.4 is 19.5 Å². The van der Waals surface area contributed by atoms with Gasteiger partial charge in [-0.25, -0.2) is 8.42 Å². The largest absolute Gasteiger partial charge is 0.497 e. The van der Waals surface area contributed by atoms with E-state index in [4.69, 9.17) is 9.47 Å². The highest BCUT2D eigenvalue weighted by Crippen LogP contribution is 2.23. The molecule has 0 bridgehead atoms. The number of rotatable bonds is 9. The Kier molecular flexibility index (Phi) is 7.60. The van der Waals surface area contributed by atoms with Crippen LogP contribution in [0.3, 0.4) is 0 Å². The molecule has 8 heteroatoms. The fourth-order valence-corrected chi connectivity index (χ4v) is 4.27. The number of carbonyl (C=O) groups is 1. The predicted molar refractivity (Wildman–Crippen MR) is 129 cm³/mol. The molecule has 0 unspecified atom stereocenters. The Morgan fingerprint density at radius 2 is 1.67 bits per heavy atom. The average Bonchev–Trinajstić information content (AvgIpc) is 2.80. The van der Waals surface area contributed by atoms with Gasteiger partial charge < -0.3 is 14.8 Å². The SMILES string of the molecule is CC[C@H](Oc1cccc(OC)c1)C(=O)Nc1ccc(S(=O)(=O)Nc2cc(C)ccc2C)cc1. The first-order valence-corrected chi connectivity index (χ1v) is 12.0. The van der Waals surface area contributed by atoms with E-state index in [1.165, 1.54) is 12.1 Å². The Bertz CT molecular complexity index is 1220. The molecule has 0 heterocycles. The number of hydrogen-bond acceptors (Lipinski definition) is 5. The van der Waals surface area contributed by atoms with Crippen LogP contribution in [0.1, 0.15) is 24.5 Å². The Labute approximate surface area is 194 Å². The molecule has 33 heavy (non-hydrogen) atoms. The molecule has 3 aromatic rings. The lowest BCUT2D eigenvalue weighted by Gasteiger charge is -2.18. The Morgan fingerprint density at radius 3 is 2.33 bits per heavy atom. The van der Waals surface area contributed by atoms with Crippen LogP contribution in [0.5, 0.6) is 11.5 Å². The first-order chi connectivity index (χ1) is 15.7. The monoisotopic (exact) mass is 468 g/mol. The summed E-state index contributed by atoms with van der Waals surface area (Å²) in [7, 11) is -2.21. The highest BCUT2D eigenvalue weighted by Gasteiger charge is 2.20. The van der Waals surface area contributed by atoms with Crippen molar-refractivity contribution in [3.8, 4) is 11.5 Å². The number of ether oxygens (including phenoxy) is 2. The standard InChI is InChI=1S/C25H28N2O5S/c1-5-24(32-21-8-6-7-20(16-21)31-4)25(28)26-19-11-13-22(14-12-19)33(29,30)27-23-15-17(2)9-10-18(23)3/h6-16,24,27H,5H2,1-4H3,(H,26,28)/t24-/m0/s1. The van der Waals surface area contributed by atoms with Crippen molar-refractivity contribution in [2.45, 2.75) is 38.2 Å². The smallest absolute Gasteiger partial charge is 0.265 e. The normalized spacial score (nSPS) is 12.0. The van der Waals surface area contributed by atoms with Crippen molar-refractivity contribution in [3.63, 3.8) is 0 Å². The Balaban J connectivity index is 1.68. The topological polar surface area (TPSA) is 93.7 Å². The lowest BCUT2D eigenvalue weighted by molar-refractivity contribution is -0.122. The van der Waals surface area contributed by atoms with E-state index in [2.05, 4.69) is 10.0 Å². The number of aryl methyl sites for hydroxylation is 2. The summed E-state index contributed by atoms with van der Waals surface area (Å²) >= 11 is 0. The molecule has 3 aromatic carbocycles. The van der Waals surface area contributed by atoms with Gasteiger partial charge in [0.05, 0.1) is 17.7 Å². The molecule has 3 rings (SSSR count). The van der Waals surface area contributed by atoms with Gasteiger partial charge in [0, 0.05) is 11.8 Å². The van der Waals surface area contributed by atoms with Gasteiger partial charge in [-0.05, 0) is 73.9 Å². The molecule has 0 spiro atoms. The molecular formula is C25H28N2O5S. The lowest BCUT2D eigenvalue weighted by atomic mass is 10.1. The summed E-state index contributed by atoms with van der Waals surface area (Å²) in [5.41, 5.74) is 2.79. The van der Waals surface area contributed by atoms with E-state index in [9.17, 15) is 13.2 Å². The van der Waals surface area contributed by atoms with E-state index in [1.54, 1.807) is 49.6 Å². The second-order valence-corrected chi connectivity index (χ2v) is 9.31. The van der Waals surface area contributed by atoms with Gasteiger partial charge >= 0.3 is 0 Å². The lowest BCUT2D eigenvalue weighted by Crippen LogP contribution is -2.32. The van der Waals surface area contributed by atoms with E-state index in [1.807, 2.05) is 32.9 Å². The van der Waals surface area contributed by atoms with E-state index in [0.717, 1.165) is 11.1 Å². The third-order valence-electron chi connectivity index (χ3n) is 5.05. The predicted octanol–water partition coefficient (Wildman–Crippen LogP) is 4.91. The molecule has 174 valence electrons. The number of hydrogen-bond donors (Lipinski definition) is 2. The van der Waals surface area contributed by atoms with Crippen molar-refractivity contribution in [2.75, 3.05) is 17.1 Å². The fraction of sp³-hybridized carbons (Fsp3) is 0.240. The summed E-state index contributed by atoms with van der Waals surface area (Å²) in [5, 5.41) is 2.78. The van der Waals surface area contributed by atoms with E-state index < -0.39 is 16.1 Å². The summed E-state index contributed by atoms with van der Waals surface area (Å²) in [6.07, 6.45) is -0.263. The number of sulfonamides is 1. The maximum Gasteiger partial charge on any atom is 0.265 e. The Hall–Kier alpha value is -3.52. The zero-order valence-corrected chi connectivity index (χ0v) is 19.9. The van der Waals surface area contributed by atoms with E-state index in [0.29, 0.717) is 29.3 Å². The van der Waals surface area contributed by atoms with Crippen LogP contribution in [-0.2, 0) is 14.8 Å². The minimum Gasteiger partial charge on any atom is -0.497 e. The molecule has 0 saturated heterocycles. The maximum absolute atomic E-state index is 12.8. The Morgan fingerprint density at radius 1 is 0.970 bits per heavy atom. The molecule has 0 aliphatic heterocycles. The number of nitrogens with one attached hydrogen (secondary N) is 2. The second-order valence-electron chi connectivity index (χ2n) is 7.63. The van der Waals surface area contributed by atoms with Crippen molar-refractivity contribution in [1.82, 2.24) is 0 Å². The molecule has 7 nitrogen and oxygen atoms in total. The van der Waals surface area contributed by atoms with Crippen LogP contribution >= 0.6 is 0 Å². The number of anilines is 2. The number of amides is 1. The minimum absolute atomic E-state index is 0.0982. The number of methoxy groups -OCH3 is 1. The average molecular weight is 469 g/mol. The van der Waals surface area contributed by atoms with Gasteiger partial charge in [-0.2, -0.15) is 0 Å². The third kappa shape index (κ3) is 6.26. The van der Waals surface area contributed by atoms with Gasteiger partial charge in [-0.1, -0.05) is 25.1 Å². The van der Waals surface area contributed by atoms with Crippen molar-refractivity contribution < 1.29 is 22.7 Å². The molecule has 0 aliphatic carbocycles. The second kappa shape index (κ2) is 10.4. The van der Waals surface area contributed by atoms with Gasteiger partial charge in [-0.15, -0.1) is 0 Å². The summed E-state index contributed by atoms with van der Waals surface area (Å²) in [6.45, 7) is 5.59. The van der Waals surface area contributed by atoms with Crippen LogP contribution in [0.2, 0.25) is 0 Å². The third-order valence-corrected chi connectivity index (χ3v) is 6.43. The zero-order valence-electron chi connectivity index (χ0n) is 19.1. The van der Waals surface area contributed by atoms with E-state index >= 15 is 0 Å². The summed E-state index contributed by atoms with van der Waals surface area (Å²) in [4.78, 5) is 12.8. The van der Waals surface area contributed by atoms with E-state index in [-0.39, 0.29) is 10.8 Å². The molecule has 0 aromatic heterocycles. The van der Waals surface area contributed by atoms with Gasteiger partial charge in [0.25, 0.3) is 15.9 Å². The van der Waals surface area contributed by atoms with Crippen LogP contribution in [-0.4, -0.2) is 27.5 Å². The molecular weight excluding hydrogens is 440 g/mol. The van der Waals surface area contributed by atoms with Crippen LogP contribution in [0.15, 0.2) is 71.6 Å². The van der Waals surface area contributed by atoms with Gasteiger partial charge in [0.1, 0.15) is 11.5 Å². The minimum atomic E-state index is -3.77. The van der Waals surface area contributed by atoms with Crippen molar-refractivity contribution in [3.05, 3.63) is 77.9 Å². The molecule has 1 atom stereocenters. The summed E-state index contributed by atoms with van der Waals surface area (Å²) in [6, 6.07) is 18.6. The van der Waals surface area contributed by atoms with Gasteiger partial charge in [-0.3, -0.25) is 9.52 Å². The zero-order chi connectivity index (χ0) is 24.0. The number of carbonyl (C=O) groups excluding carboxylic acids is 1. The molecule has 1 amide bonds. The number of benzene rings is 3. The molecule has 2 N–H and O–H groups in total. The highest BCUT2D eigenvalue weighted by atomic mass is 32.2. The summed E-state index contributed by atoms with van der Waals surface area (Å²) in [5.74, 6) is 0.828. The summed E-state index contributed by atoms with van der Waals surface area (Å²) < 4.78 is 39.2. The van der Waals surface area contributed by atoms with Gasteiger partial charge in [0.2, 0.25) is 0 Å². The first kappa shape index (κ1) is 24.1. The molecule has 0 aliphatic rings. The highest BCUT2D eigenvalue weighted by molar-refractivity contribution is 7.92. The van der Waals surface area contributed by atoms with Crippen molar-refractivity contribution in [1.29, 1.82) is 0 Å². The van der Waals surface area contributed by atoms with Crippen molar-refractivity contribution >= 4 is 27.3 Å².